The maximum atomic E-state index is 13.5. The third kappa shape index (κ3) is 2.27. The smallest absolute Gasteiger partial charge is 0.243 e. The van der Waals surface area contributed by atoms with Gasteiger partial charge < -0.3 is 4.90 Å². The van der Waals surface area contributed by atoms with Crippen molar-refractivity contribution in [2.75, 3.05) is 18.0 Å². The number of hydrogen-bond acceptors (Lipinski definition) is 3. The maximum absolute atomic E-state index is 13.5. The highest BCUT2D eigenvalue weighted by Crippen LogP contribution is 2.34. The molecule has 1 aliphatic heterocycles. The van der Waals surface area contributed by atoms with Gasteiger partial charge in [0.25, 0.3) is 0 Å². The van der Waals surface area contributed by atoms with Crippen LogP contribution in [0.1, 0.15) is 6.42 Å². The number of anilines is 1. The Balaban J connectivity index is 1.92. The molecular weight excluding hydrogens is 280 g/mol. The first kappa shape index (κ1) is 12.7. The molecule has 0 amide bonds. The largest absolute Gasteiger partial charge is 0.348 e. The molecule has 102 valence electrons. The summed E-state index contributed by atoms with van der Waals surface area (Å²) in [5.74, 6) is -2.05. The first-order chi connectivity index (χ1) is 9.04. The molecule has 7 heteroatoms. The van der Waals surface area contributed by atoms with Crippen LogP contribution in [0.3, 0.4) is 0 Å². The summed E-state index contributed by atoms with van der Waals surface area (Å²) in [5.41, 5.74) is 0.0990. The fourth-order valence-corrected chi connectivity index (χ4v) is 3.29. The molecule has 0 radical (unpaired) electrons. The van der Waals surface area contributed by atoms with Crippen molar-refractivity contribution >= 4 is 26.7 Å². The van der Waals surface area contributed by atoms with Gasteiger partial charge in [-0.15, -0.1) is 0 Å². The molecule has 1 unspecified atom stereocenters. The zero-order valence-corrected chi connectivity index (χ0v) is 10.6. The SMILES string of the molecule is Fc1cc(F)c2nc(N3CCC(C(F)F)C3)sc2c1. The van der Waals surface area contributed by atoms with E-state index in [1.807, 2.05) is 0 Å². The summed E-state index contributed by atoms with van der Waals surface area (Å²) in [5, 5.41) is 0.475. The van der Waals surface area contributed by atoms with Crippen LogP contribution in [0.4, 0.5) is 22.7 Å². The van der Waals surface area contributed by atoms with Crippen molar-refractivity contribution < 1.29 is 17.6 Å². The van der Waals surface area contributed by atoms with Gasteiger partial charge in [-0.3, -0.25) is 0 Å². The van der Waals surface area contributed by atoms with Gasteiger partial charge in [-0.2, -0.15) is 0 Å². The molecular formula is C12H10F4N2S. The van der Waals surface area contributed by atoms with E-state index < -0.39 is 24.0 Å². The zero-order valence-electron chi connectivity index (χ0n) is 9.75. The second-order valence-electron chi connectivity index (χ2n) is 4.56. The molecule has 1 saturated heterocycles. The van der Waals surface area contributed by atoms with Crippen LogP contribution in [0, 0.1) is 17.6 Å². The second kappa shape index (κ2) is 4.63. The third-order valence-electron chi connectivity index (χ3n) is 3.25. The fraction of sp³-hybridized carbons (Fsp3) is 0.417. The van der Waals surface area contributed by atoms with Crippen molar-refractivity contribution in [3.05, 3.63) is 23.8 Å². The average molecular weight is 290 g/mol. The van der Waals surface area contributed by atoms with E-state index in [2.05, 4.69) is 4.98 Å². The normalized spacial score (nSPS) is 19.8. The van der Waals surface area contributed by atoms with E-state index in [0.29, 0.717) is 22.8 Å². The Labute approximate surface area is 110 Å². The molecule has 1 fully saturated rings. The molecule has 2 nitrogen and oxygen atoms in total. The molecule has 3 rings (SSSR count). The Morgan fingerprint density at radius 1 is 1.32 bits per heavy atom. The summed E-state index contributed by atoms with van der Waals surface area (Å²) in [6.07, 6.45) is -1.96. The Morgan fingerprint density at radius 3 is 2.79 bits per heavy atom. The number of rotatable bonds is 2. The number of hydrogen-bond donors (Lipinski definition) is 0. The lowest BCUT2D eigenvalue weighted by molar-refractivity contribution is 0.0880. The highest BCUT2D eigenvalue weighted by molar-refractivity contribution is 7.22. The molecule has 2 heterocycles. The van der Waals surface area contributed by atoms with E-state index in [0.717, 1.165) is 17.4 Å². The van der Waals surface area contributed by atoms with Crippen molar-refractivity contribution in [1.82, 2.24) is 4.98 Å². The van der Waals surface area contributed by atoms with Crippen molar-refractivity contribution in [1.29, 1.82) is 0 Å². The van der Waals surface area contributed by atoms with Gasteiger partial charge in [-0.1, -0.05) is 11.3 Å². The van der Waals surface area contributed by atoms with Crippen LogP contribution >= 0.6 is 11.3 Å². The number of aromatic nitrogens is 1. The number of thiazole rings is 1. The zero-order chi connectivity index (χ0) is 13.6. The minimum absolute atomic E-state index is 0.0990. The molecule has 0 bridgehead atoms. The van der Waals surface area contributed by atoms with Gasteiger partial charge in [0.1, 0.15) is 11.3 Å². The number of fused-ring (bicyclic) bond motifs is 1. The summed E-state index contributed by atoms with van der Waals surface area (Å²) < 4.78 is 52.2. The maximum Gasteiger partial charge on any atom is 0.243 e. The summed E-state index contributed by atoms with van der Waals surface area (Å²) >= 11 is 1.13. The Morgan fingerprint density at radius 2 is 2.11 bits per heavy atom. The van der Waals surface area contributed by atoms with Crippen LogP contribution in [-0.2, 0) is 0 Å². The number of alkyl halides is 2. The minimum Gasteiger partial charge on any atom is -0.348 e. The molecule has 1 atom stereocenters. The number of benzene rings is 1. The standard InChI is InChI=1S/C12H10F4N2S/c13-7-3-8(14)10-9(4-7)19-12(17-10)18-2-1-6(5-18)11(15)16/h3-4,6,11H,1-2,5H2. The number of nitrogens with zero attached hydrogens (tertiary/aromatic N) is 2. The Hall–Kier alpha value is -1.37. The molecule has 1 aromatic heterocycles. The topological polar surface area (TPSA) is 16.1 Å². The summed E-state index contributed by atoms with van der Waals surface area (Å²) in [6, 6.07) is 1.98. The van der Waals surface area contributed by atoms with Crippen molar-refractivity contribution in [3.8, 4) is 0 Å². The summed E-state index contributed by atoms with van der Waals surface area (Å²) in [7, 11) is 0. The van der Waals surface area contributed by atoms with Gasteiger partial charge in [-0.25, -0.2) is 22.5 Å². The highest BCUT2D eigenvalue weighted by Gasteiger charge is 2.31. The average Bonchev–Trinajstić information content (AvgIpc) is 2.92. The van der Waals surface area contributed by atoms with Crippen LogP contribution in [-0.4, -0.2) is 24.5 Å². The lowest BCUT2D eigenvalue weighted by Crippen LogP contribution is -2.21. The predicted octanol–water partition coefficient (Wildman–Crippen LogP) is 3.67. The lowest BCUT2D eigenvalue weighted by atomic mass is 10.1. The Kier molecular flexibility index (Phi) is 3.08. The lowest BCUT2D eigenvalue weighted by Gasteiger charge is -2.14. The van der Waals surface area contributed by atoms with Crippen LogP contribution in [0.5, 0.6) is 0 Å². The first-order valence-corrected chi connectivity index (χ1v) is 6.65. The highest BCUT2D eigenvalue weighted by atomic mass is 32.1. The predicted molar refractivity (Wildman–Crippen MR) is 65.9 cm³/mol. The monoisotopic (exact) mass is 290 g/mol. The molecule has 0 aliphatic carbocycles. The first-order valence-electron chi connectivity index (χ1n) is 5.83. The second-order valence-corrected chi connectivity index (χ2v) is 5.57. The Bertz CT molecular complexity index is 613. The van der Waals surface area contributed by atoms with Gasteiger partial charge in [-0.05, 0) is 12.5 Å². The summed E-state index contributed by atoms with van der Waals surface area (Å²) in [4.78, 5) is 5.79. The molecule has 2 aromatic rings. The van der Waals surface area contributed by atoms with Crippen molar-refractivity contribution in [2.24, 2.45) is 5.92 Å². The molecule has 0 saturated carbocycles. The third-order valence-corrected chi connectivity index (χ3v) is 4.32. The van der Waals surface area contributed by atoms with Gasteiger partial charge in [0.15, 0.2) is 10.9 Å². The van der Waals surface area contributed by atoms with Crippen LogP contribution in [0.25, 0.3) is 10.2 Å². The van der Waals surface area contributed by atoms with E-state index in [1.165, 1.54) is 6.07 Å². The minimum atomic E-state index is -2.35. The molecule has 0 spiro atoms. The van der Waals surface area contributed by atoms with E-state index in [-0.39, 0.29) is 12.1 Å². The van der Waals surface area contributed by atoms with Crippen molar-refractivity contribution in [3.63, 3.8) is 0 Å². The van der Waals surface area contributed by atoms with E-state index >= 15 is 0 Å². The number of halogens is 4. The van der Waals surface area contributed by atoms with Crippen LogP contribution < -0.4 is 4.90 Å². The van der Waals surface area contributed by atoms with Gasteiger partial charge in [0.2, 0.25) is 6.43 Å². The summed E-state index contributed by atoms with van der Waals surface area (Å²) in [6.45, 7) is 0.681. The quantitative estimate of drug-likeness (QED) is 0.785. The molecule has 1 aromatic carbocycles. The molecule has 0 N–H and O–H groups in total. The van der Waals surface area contributed by atoms with Gasteiger partial charge in [0.05, 0.1) is 4.70 Å². The fourth-order valence-electron chi connectivity index (χ4n) is 2.25. The van der Waals surface area contributed by atoms with Crippen LogP contribution in [0.15, 0.2) is 12.1 Å². The van der Waals surface area contributed by atoms with Gasteiger partial charge in [0, 0.05) is 25.1 Å². The van der Waals surface area contributed by atoms with E-state index in [9.17, 15) is 17.6 Å². The molecule has 19 heavy (non-hydrogen) atoms. The van der Waals surface area contributed by atoms with Crippen molar-refractivity contribution in [2.45, 2.75) is 12.8 Å². The molecule has 1 aliphatic rings. The van der Waals surface area contributed by atoms with Crippen LogP contribution in [0.2, 0.25) is 0 Å². The van der Waals surface area contributed by atoms with E-state index in [1.54, 1.807) is 4.90 Å². The van der Waals surface area contributed by atoms with Gasteiger partial charge >= 0.3 is 0 Å². The van der Waals surface area contributed by atoms with E-state index in [4.69, 9.17) is 0 Å².